The molecular formula is C18H19NO3S2. The fourth-order valence-corrected chi connectivity index (χ4v) is 6.32. The van der Waals surface area contributed by atoms with E-state index in [2.05, 4.69) is 0 Å². The Balaban J connectivity index is 2.12. The molecule has 6 heteroatoms. The van der Waals surface area contributed by atoms with Gasteiger partial charge in [0.1, 0.15) is 0 Å². The van der Waals surface area contributed by atoms with Gasteiger partial charge in [-0.05, 0) is 17.7 Å². The van der Waals surface area contributed by atoms with Gasteiger partial charge in [0, 0.05) is 13.0 Å². The first-order chi connectivity index (χ1) is 11.5. The zero-order valence-electron chi connectivity index (χ0n) is 13.3. The number of methoxy groups -OCH3 is 1. The number of thiocarbonyl (C=S) groups is 1. The molecule has 3 rings (SSSR count). The van der Waals surface area contributed by atoms with E-state index in [1.165, 1.54) is 7.11 Å². The lowest BCUT2D eigenvalue weighted by Gasteiger charge is -2.16. The Bertz CT molecular complexity index is 837. The van der Waals surface area contributed by atoms with Crippen LogP contribution < -0.4 is 5.73 Å². The van der Waals surface area contributed by atoms with Gasteiger partial charge in [-0.15, -0.1) is 0 Å². The minimum atomic E-state index is -3.59. The minimum Gasteiger partial charge on any atom is -0.393 e. The Morgan fingerprint density at radius 2 is 1.67 bits per heavy atom. The molecule has 0 spiro atoms. The fraction of sp³-hybridized carbons (Fsp3) is 0.278. The van der Waals surface area contributed by atoms with Gasteiger partial charge in [-0.2, -0.15) is 0 Å². The highest BCUT2D eigenvalue weighted by molar-refractivity contribution is 7.92. The van der Waals surface area contributed by atoms with Gasteiger partial charge >= 0.3 is 0 Å². The third-order valence-electron chi connectivity index (χ3n) is 4.66. The molecule has 0 heterocycles. The molecular weight excluding hydrogens is 342 g/mol. The standard InChI is InChI=1S/C18H19NO3S2/c1-22-12-18(17(19)23)15(13-8-4-2-5-9-13)16(18)24(20,21)14-10-6-3-7-11-14/h2-11,15-16H,12H2,1H3,(H2,19,23)/t15-,16+,18-/m1/s1. The van der Waals surface area contributed by atoms with E-state index >= 15 is 0 Å². The Morgan fingerprint density at radius 3 is 2.17 bits per heavy atom. The van der Waals surface area contributed by atoms with Gasteiger partial charge < -0.3 is 10.5 Å². The van der Waals surface area contributed by atoms with Crippen LogP contribution in [-0.4, -0.2) is 32.4 Å². The summed E-state index contributed by atoms with van der Waals surface area (Å²) in [4.78, 5) is 0.466. The third kappa shape index (κ3) is 2.55. The molecule has 2 N–H and O–H groups in total. The van der Waals surface area contributed by atoms with Crippen molar-refractivity contribution in [2.75, 3.05) is 13.7 Å². The summed E-state index contributed by atoms with van der Waals surface area (Å²) in [5.41, 5.74) is 6.03. The summed E-state index contributed by atoms with van der Waals surface area (Å²) >= 11 is 5.27. The van der Waals surface area contributed by atoms with Crippen molar-refractivity contribution < 1.29 is 13.2 Å². The van der Waals surface area contributed by atoms with Crippen LogP contribution in [0.5, 0.6) is 0 Å². The van der Waals surface area contributed by atoms with Crippen LogP contribution in [0.3, 0.4) is 0 Å². The third-order valence-corrected chi connectivity index (χ3v) is 7.33. The van der Waals surface area contributed by atoms with Crippen LogP contribution in [0.4, 0.5) is 0 Å². The highest BCUT2D eigenvalue weighted by atomic mass is 32.2. The van der Waals surface area contributed by atoms with Crippen molar-refractivity contribution in [2.45, 2.75) is 16.1 Å². The zero-order valence-corrected chi connectivity index (χ0v) is 14.9. The van der Waals surface area contributed by atoms with Gasteiger partial charge in [-0.1, -0.05) is 60.7 Å². The summed E-state index contributed by atoms with van der Waals surface area (Å²) in [6.45, 7) is 0.179. The lowest BCUT2D eigenvalue weighted by molar-refractivity contribution is 0.166. The molecule has 0 aromatic heterocycles. The lowest BCUT2D eigenvalue weighted by atomic mass is 10.00. The summed E-state index contributed by atoms with van der Waals surface area (Å²) in [7, 11) is -2.05. The molecule has 0 saturated heterocycles. The molecule has 2 aromatic carbocycles. The van der Waals surface area contributed by atoms with Gasteiger partial charge in [0.25, 0.3) is 0 Å². The summed E-state index contributed by atoms with van der Waals surface area (Å²) in [6.07, 6.45) is 0. The summed E-state index contributed by atoms with van der Waals surface area (Å²) in [6, 6.07) is 17.9. The van der Waals surface area contributed by atoms with E-state index in [0.717, 1.165) is 5.56 Å². The van der Waals surface area contributed by atoms with Crippen molar-refractivity contribution in [3.05, 3.63) is 66.2 Å². The second-order valence-corrected chi connectivity index (χ2v) is 8.51. The van der Waals surface area contributed by atoms with Crippen LogP contribution in [0.2, 0.25) is 0 Å². The first-order valence-corrected chi connectivity index (χ1v) is 9.54. The van der Waals surface area contributed by atoms with E-state index in [4.69, 9.17) is 22.7 Å². The Hall–Kier alpha value is -1.76. The summed E-state index contributed by atoms with van der Waals surface area (Å²) in [5, 5.41) is -0.716. The SMILES string of the molecule is COC[C@@]1(C(N)=S)[C@H](c2ccccc2)[C@@H]1S(=O)(=O)c1ccccc1. The molecule has 1 saturated carbocycles. The Kier molecular flexibility index (Phi) is 4.46. The molecule has 0 bridgehead atoms. The molecule has 0 unspecified atom stereocenters. The zero-order chi connectivity index (χ0) is 17.4. The van der Waals surface area contributed by atoms with Crippen molar-refractivity contribution in [3.8, 4) is 0 Å². The summed E-state index contributed by atoms with van der Waals surface area (Å²) in [5.74, 6) is -0.304. The van der Waals surface area contributed by atoms with Crippen molar-refractivity contribution in [1.29, 1.82) is 0 Å². The van der Waals surface area contributed by atoms with Crippen LogP contribution in [0.25, 0.3) is 0 Å². The van der Waals surface area contributed by atoms with Crippen LogP contribution >= 0.6 is 12.2 Å². The van der Waals surface area contributed by atoms with Gasteiger partial charge in [-0.3, -0.25) is 0 Å². The van der Waals surface area contributed by atoms with E-state index < -0.39 is 20.5 Å². The number of ether oxygens (including phenoxy) is 1. The number of rotatable bonds is 6. The number of sulfone groups is 1. The monoisotopic (exact) mass is 361 g/mol. The molecule has 0 amide bonds. The minimum absolute atomic E-state index is 0.179. The van der Waals surface area contributed by atoms with E-state index in [1.54, 1.807) is 30.3 Å². The van der Waals surface area contributed by atoms with Crippen molar-refractivity contribution in [1.82, 2.24) is 0 Å². The maximum atomic E-state index is 13.2. The normalized spacial score (nSPS) is 26.0. The van der Waals surface area contributed by atoms with Gasteiger partial charge in [0.05, 0.1) is 27.2 Å². The average Bonchev–Trinajstić information content (AvgIpc) is 3.28. The molecule has 3 atom stereocenters. The van der Waals surface area contributed by atoms with Gasteiger partial charge in [-0.25, -0.2) is 8.42 Å². The molecule has 2 aromatic rings. The number of nitrogens with two attached hydrogens (primary N) is 1. The topological polar surface area (TPSA) is 69.4 Å². The molecule has 1 fully saturated rings. The molecule has 1 aliphatic carbocycles. The highest BCUT2D eigenvalue weighted by Crippen LogP contribution is 2.64. The Labute approximate surface area is 147 Å². The maximum Gasteiger partial charge on any atom is 0.182 e. The van der Waals surface area contributed by atoms with E-state index in [0.29, 0.717) is 0 Å². The average molecular weight is 361 g/mol. The number of benzene rings is 2. The van der Waals surface area contributed by atoms with Crippen LogP contribution in [0, 0.1) is 5.41 Å². The molecule has 0 radical (unpaired) electrons. The molecule has 1 aliphatic rings. The highest BCUT2D eigenvalue weighted by Gasteiger charge is 2.73. The molecule has 24 heavy (non-hydrogen) atoms. The van der Waals surface area contributed by atoms with E-state index in [-0.39, 0.29) is 22.4 Å². The second-order valence-electron chi connectivity index (χ2n) is 6.00. The first-order valence-electron chi connectivity index (χ1n) is 7.59. The molecule has 4 nitrogen and oxygen atoms in total. The smallest absolute Gasteiger partial charge is 0.182 e. The molecule has 0 aliphatic heterocycles. The van der Waals surface area contributed by atoms with E-state index in [9.17, 15) is 8.42 Å². The lowest BCUT2D eigenvalue weighted by Crippen LogP contribution is -2.33. The number of hydrogen-bond acceptors (Lipinski definition) is 4. The van der Waals surface area contributed by atoms with Crippen LogP contribution in [-0.2, 0) is 14.6 Å². The predicted octanol–water partition coefficient (Wildman–Crippen LogP) is 2.55. The Morgan fingerprint density at radius 1 is 1.12 bits per heavy atom. The summed E-state index contributed by atoms with van der Waals surface area (Å²) < 4.78 is 31.7. The quantitative estimate of drug-likeness (QED) is 0.801. The largest absolute Gasteiger partial charge is 0.393 e. The predicted molar refractivity (Wildman–Crippen MR) is 97.7 cm³/mol. The van der Waals surface area contributed by atoms with Crippen molar-refractivity contribution in [3.63, 3.8) is 0 Å². The second kappa shape index (κ2) is 6.27. The van der Waals surface area contributed by atoms with Crippen LogP contribution in [0.1, 0.15) is 11.5 Å². The first kappa shape index (κ1) is 17.1. The fourth-order valence-electron chi connectivity index (χ4n) is 3.53. The van der Waals surface area contributed by atoms with E-state index in [1.807, 2.05) is 30.3 Å². The van der Waals surface area contributed by atoms with Crippen molar-refractivity contribution >= 4 is 27.0 Å². The van der Waals surface area contributed by atoms with Gasteiger partial charge in [0.2, 0.25) is 0 Å². The maximum absolute atomic E-state index is 13.2. The van der Waals surface area contributed by atoms with Crippen LogP contribution in [0.15, 0.2) is 65.6 Å². The van der Waals surface area contributed by atoms with Crippen molar-refractivity contribution in [2.24, 2.45) is 11.1 Å². The van der Waals surface area contributed by atoms with Gasteiger partial charge in [0.15, 0.2) is 9.84 Å². The molecule has 126 valence electrons. The number of hydrogen-bond donors (Lipinski definition) is 1.